The summed E-state index contributed by atoms with van der Waals surface area (Å²) in [5.41, 5.74) is 0. The Bertz CT molecular complexity index is 270. The average molecular weight is 197 g/mol. The van der Waals surface area contributed by atoms with Crippen LogP contribution in [0.25, 0.3) is 0 Å². The van der Waals surface area contributed by atoms with Crippen molar-refractivity contribution in [2.75, 3.05) is 0 Å². The molecule has 1 N–H and O–H groups in total. The molecule has 1 aromatic rings. The van der Waals surface area contributed by atoms with E-state index in [0.717, 1.165) is 25.1 Å². The summed E-state index contributed by atoms with van der Waals surface area (Å²) in [6.45, 7) is 6.14. The third-order valence-electron chi connectivity index (χ3n) is 2.31. The van der Waals surface area contributed by atoms with E-state index in [1.165, 1.54) is 0 Å². The number of hydrogen-bond donors (Lipinski definition) is 1. The van der Waals surface area contributed by atoms with Crippen molar-refractivity contribution in [1.82, 2.24) is 14.8 Å². The first kappa shape index (κ1) is 11.2. The van der Waals surface area contributed by atoms with Gasteiger partial charge >= 0.3 is 0 Å². The number of nitrogens with zero attached hydrogens (tertiary/aromatic N) is 3. The topological polar surface area (TPSA) is 50.9 Å². The lowest BCUT2D eigenvalue weighted by Crippen LogP contribution is -2.12. The summed E-state index contributed by atoms with van der Waals surface area (Å²) in [7, 11) is 0. The van der Waals surface area contributed by atoms with Gasteiger partial charge in [-0.15, -0.1) is 0 Å². The second kappa shape index (κ2) is 5.10. The van der Waals surface area contributed by atoms with Crippen LogP contribution in [0, 0.1) is 0 Å². The second-order valence-electron chi connectivity index (χ2n) is 3.82. The fraction of sp³-hybridized carbons (Fsp3) is 0.800. The maximum atomic E-state index is 9.43. The largest absolute Gasteiger partial charge is 0.393 e. The molecule has 0 spiro atoms. The van der Waals surface area contributed by atoms with Crippen molar-refractivity contribution in [3.8, 4) is 0 Å². The van der Waals surface area contributed by atoms with Crippen LogP contribution in [0.4, 0.5) is 0 Å². The van der Waals surface area contributed by atoms with Crippen molar-refractivity contribution >= 4 is 0 Å². The van der Waals surface area contributed by atoms with E-state index in [4.69, 9.17) is 0 Å². The highest BCUT2D eigenvalue weighted by atomic mass is 16.3. The van der Waals surface area contributed by atoms with Crippen molar-refractivity contribution in [3.63, 3.8) is 0 Å². The lowest BCUT2D eigenvalue weighted by molar-refractivity contribution is 0.159. The fourth-order valence-electron chi connectivity index (χ4n) is 1.38. The summed E-state index contributed by atoms with van der Waals surface area (Å²) in [5.74, 6) is 0.965. The van der Waals surface area contributed by atoms with E-state index in [1.807, 2.05) is 11.6 Å². The van der Waals surface area contributed by atoms with Crippen molar-refractivity contribution in [3.05, 3.63) is 12.2 Å². The van der Waals surface area contributed by atoms with Gasteiger partial charge < -0.3 is 5.11 Å². The molecule has 4 heteroatoms. The first-order chi connectivity index (χ1) is 6.65. The number of aliphatic hydroxyl groups is 1. The fourth-order valence-corrected chi connectivity index (χ4v) is 1.38. The molecule has 1 unspecified atom stereocenters. The molecule has 1 aromatic heterocycles. The Labute approximate surface area is 85.0 Å². The molecular formula is C10H19N3O. The van der Waals surface area contributed by atoms with Gasteiger partial charge in [0.2, 0.25) is 0 Å². The van der Waals surface area contributed by atoms with E-state index in [0.29, 0.717) is 6.04 Å². The van der Waals surface area contributed by atoms with Gasteiger partial charge in [-0.3, -0.25) is 0 Å². The third-order valence-corrected chi connectivity index (χ3v) is 2.31. The first-order valence-electron chi connectivity index (χ1n) is 5.21. The van der Waals surface area contributed by atoms with Crippen LogP contribution in [0.3, 0.4) is 0 Å². The van der Waals surface area contributed by atoms with Crippen LogP contribution in [0.5, 0.6) is 0 Å². The number of rotatable bonds is 5. The van der Waals surface area contributed by atoms with Gasteiger partial charge in [0.05, 0.1) is 6.10 Å². The van der Waals surface area contributed by atoms with Crippen molar-refractivity contribution in [2.24, 2.45) is 0 Å². The summed E-state index contributed by atoms with van der Waals surface area (Å²) < 4.78 is 1.91. The highest BCUT2D eigenvalue weighted by Crippen LogP contribution is 2.09. The van der Waals surface area contributed by atoms with Crippen LogP contribution >= 0.6 is 0 Å². The summed E-state index contributed by atoms with van der Waals surface area (Å²) >= 11 is 0. The zero-order valence-corrected chi connectivity index (χ0v) is 9.14. The lowest BCUT2D eigenvalue weighted by atomic mass is 10.1. The van der Waals surface area contributed by atoms with Crippen LogP contribution in [-0.4, -0.2) is 26.0 Å². The Hall–Kier alpha value is -0.900. The van der Waals surface area contributed by atoms with Crippen LogP contribution < -0.4 is 0 Å². The van der Waals surface area contributed by atoms with Gasteiger partial charge in [-0.2, -0.15) is 5.10 Å². The van der Waals surface area contributed by atoms with Crippen molar-refractivity contribution < 1.29 is 5.11 Å². The second-order valence-corrected chi connectivity index (χ2v) is 3.82. The van der Waals surface area contributed by atoms with E-state index < -0.39 is 0 Å². The molecule has 4 nitrogen and oxygen atoms in total. The molecular weight excluding hydrogens is 178 g/mol. The smallest absolute Gasteiger partial charge is 0.138 e. The molecule has 0 amide bonds. The molecule has 0 aliphatic heterocycles. The molecule has 1 heterocycles. The molecule has 0 saturated carbocycles. The van der Waals surface area contributed by atoms with Gasteiger partial charge in [0, 0.05) is 12.5 Å². The van der Waals surface area contributed by atoms with Crippen LogP contribution in [0.2, 0.25) is 0 Å². The van der Waals surface area contributed by atoms with Crippen LogP contribution in [0.1, 0.15) is 45.5 Å². The molecule has 80 valence electrons. The predicted octanol–water partition coefficient (Wildman–Crippen LogP) is 1.56. The number of aryl methyl sites for hydroxylation is 1. The zero-order chi connectivity index (χ0) is 10.6. The Morgan fingerprint density at radius 3 is 2.79 bits per heavy atom. The maximum Gasteiger partial charge on any atom is 0.138 e. The lowest BCUT2D eigenvalue weighted by Gasteiger charge is -2.10. The number of aliphatic hydroxyl groups excluding tert-OH is 1. The van der Waals surface area contributed by atoms with Crippen molar-refractivity contribution in [1.29, 1.82) is 0 Å². The summed E-state index contributed by atoms with van der Waals surface area (Å²) in [6.07, 6.45) is 3.73. The van der Waals surface area contributed by atoms with Crippen LogP contribution in [0.15, 0.2) is 6.33 Å². The Kier molecular flexibility index (Phi) is 4.07. The van der Waals surface area contributed by atoms with E-state index in [1.54, 1.807) is 6.33 Å². The quantitative estimate of drug-likeness (QED) is 0.779. The Morgan fingerprint density at radius 1 is 1.50 bits per heavy atom. The summed E-state index contributed by atoms with van der Waals surface area (Å²) in [6, 6.07) is 0.339. The van der Waals surface area contributed by atoms with E-state index in [9.17, 15) is 5.11 Å². The molecule has 0 fully saturated rings. The monoisotopic (exact) mass is 197 g/mol. The molecule has 0 radical (unpaired) electrons. The van der Waals surface area contributed by atoms with Crippen molar-refractivity contribution in [2.45, 2.75) is 52.2 Å². The van der Waals surface area contributed by atoms with Gasteiger partial charge in [0.15, 0.2) is 0 Å². The maximum absolute atomic E-state index is 9.43. The molecule has 14 heavy (non-hydrogen) atoms. The Morgan fingerprint density at radius 2 is 2.21 bits per heavy atom. The molecule has 1 atom stereocenters. The van der Waals surface area contributed by atoms with E-state index >= 15 is 0 Å². The molecule has 0 aromatic carbocycles. The van der Waals surface area contributed by atoms with Gasteiger partial charge in [-0.1, -0.05) is 6.92 Å². The summed E-state index contributed by atoms with van der Waals surface area (Å²) in [4.78, 5) is 4.18. The van der Waals surface area contributed by atoms with Gasteiger partial charge in [0.1, 0.15) is 12.2 Å². The molecule has 0 aliphatic rings. The van der Waals surface area contributed by atoms with E-state index in [-0.39, 0.29) is 6.10 Å². The summed E-state index contributed by atoms with van der Waals surface area (Å²) in [5, 5.41) is 13.6. The molecule has 1 rings (SSSR count). The van der Waals surface area contributed by atoms with Gasteiger partial charge in [-0.05, 0) is 26.7 Å². The average Bonchev–Trinajstić information content (AvgIpc) is 2.62. The normalized spacial score (nSPS) is 13.5. The number of hydrogen-bond acceptors (Lipinski definition) is 3. The highest BCUT2D eigenvalue weighted by molar-refractivity contribution is 4.87. The van der Waals surface area contributed by atoms with Gasteiger partial charge in [0.25, 0.3) is 0 Å². The van der Waals surface area contributed by atoms with Gasteiger partial charge in [-0.25, -0.2) is 9.67 Å². The third kappa shape index (κ3) is 2.80. The van der Waals surface area contributed by atoms with Crippen LogP contribution in [-0.2, 0) is 6.42 Å². The minimum absolute atomic E-state index is 0.215. The Balaban J connectivity index is 2.54. The minimum Gasteiger partial charge on any atom is -0.393 e. The highest BCUT2D eigenvalue weighted by Gasteiger charge is 2.09. The predicted molar refractivity (Wildman–Crippen MR) is 55.0 cm³/mol. The number of aromatic nitrogens is 3. The first-order valence-corrected chi connectivity index (χ1v) is 5.21. The zero-order valence-electron chi connectivity index (χ0n) is 9.14. The minimum atomic E-state index is -0.215. The molecule has 0 saturated heterocycles. The van der Waals surface area contributed by atoms with E-state index in [2.05, 4.69) is 23.9 Å². The molecule has 0 bridgehead atoms. The SMILES string of the molecule is CCC(O)CCc1ncnn1C(C)C. The molecule has 0 aliphatic carbocycles. The standard InChI is InChI=1S/C10H19N3O/c1-4-9(14)5-6-10-11-7-12-13(10)8(2)3/h7-9,14H,4-6H2,1-3H3.